The Labute approximate surface area is 181 Å². The highest BCUT2D eigenvalue weighted by molar-refractivity contribution is 5.94. The average molecular weight is 421 g/mol. The number of carbonyl (C=O) groups excluding carboxylic acids is 1. The Hall–Kier alpha value is -3.61. The molecule has 31 heavy (non-hydrogen) atoms. The van der Waals surface area contributed by atoms with Crippen LogP contribution in [0, 0.1) is 13.8 Å². The van der Waals surface area contributed by atoms with Crippen LogP contribution in [0.1, 0.15) is 30.5 Å². The number of aromatic nitrogens is 2. The highest BCUT2D eigenvalue weighted by atomic mass is 16.5. The Morgan fingerprint density at radius 2 is 1.71 bits per heavy atom. The summed E-state index contributed by atoms with van der Waals surface area (Å²) in [4.78, 5) is 25.7. The average Bonchev–Trinajstić information content (AvgIpc) is 2.76. The topological polar surface area (TPSA) is 82.4 Å². The Morgan fingerprint density at radius 3 is 2.32 bits per heavy atom. The molecule has 3 rings (SSSR count). The van der Waals surface area contributed by atoms with Gasteiger partial charge in [0.15, 0.2) is 0 Å². The maximum atomic E-state index is 13.1. The predicted octanol–water partition coefficient (Wildman–Crippen LogP) is 4.13. The third-order valence-electron chi connectivity index (χ3n) is 5.10. The van der Waals surface area contributed by atoms with E-state index in [2.05, 4.69) is 10.4 Å². The van der Waals surface area contributed by atoms with Gasteiger partial charge in [0.25, 0.3) is 5.56 Å². The normalized spacial score (nSPS) is 11.6. The standard InChI is InChI=1S/C24H27N3O4/c1-6-22(24(29)25-17-12-18(30-4)14-19(13-17)31-5)27-23(28)10-9-21(26-27)20-11-15(2)7-8-16(20)3/h7-14,22H,6H2,1-5H3,(H,25,29). The van der Waals surface area contributed by atoms with Gasteiger partial charge in [-0.2, -0.15) is 5.10 Å². The summed E-state index contributed by atoms with van der Waals surface area (Å²) in [6, 6.07) is 13.5. The van der Waals surface area contributed by atoms with Gasteiger partial charge in [-0.1, -0.05) is 24.6 Å². The molecule has 1 aromatic heterocycles. The highest BCUT2D eigenvalue weighted by Gasteiger charge is 2.22. The van der Waals surface area contributed by atoms with E-state index in [1.54, 1.807) is 24.3 Å². The van der Waals surface area contributed by atoms with E-state index in [0.717, 1.165) is 16.7 Å². The molecule has 0 saturated carbocycles. The third-order valence-corrected chi connectivity index (χ3v) is 5.10. The first kappa shape index (κ1) is 22.1. The van der Waals surface area contributed by atoms with Gasteiger partial charge in [0.2, 0.25) is 5.91 Å². The Bertz CT molecular complexity index is 1130. The summed E-state index contributed by atoms with van der Waals surface area (Å²) in [7, 11) is 3.08. The Kier molecular flexibility index (Phi) is 6.74. The lowest BCUT2D eigenvalue weighted by Gasteiger charge is -2.18. The van der Waals surface area contributed by atoms with Gasteiger partial charge >= 0.3 is 0 Å². The number of anilines is 1. The van der Waals surface area contributed by atoms with Gasteiger partial charge in [0, 0.05) is 35.5 Å². The van der Waals surface area contributed by atoms with Crippen LogP contribution in [0.3, 0.4) is 0 Å². The van der Waals surface area contributed by atoms with Crippen LogP contribution < -0.4 is 20.3 Å². The van der Waals surface area contributed by atoms with E-state index in [1.165, 1.54) is 25.0 Å². The van der Waals surface area contributed by atoms with Crippen molar-refractivity contribution in [2.24, 2.45) is 0 Å². The number of nitrogens with zero attached hydrogens (tertiary/aromatic N) is 2. The fourth-order valence-electron chi connectivity index (χ4n) is 3.38. The first-order valence-corrected chi connectivity index (χ1v) is 10.1. The van der Waals surface area contributed by atoms with E-state index in [9.17, 15) is 9.59 Å². The van der Waals surface area contributed by atoms with Crippen LogP contribution in [0.5, 0.6) is 11.5 Å². The minimum Gasteiger partial charge on any atom is -0.497 e. The van der Waals surface area contributed by atoms with Gasteiger partial charge in [0.05, 0.1) is 19.9 Å². The van der Waals surface area contributed by atoms with Gasteiger partial charge < -0.3 is 14.8 Å². The predicted molar refractivity (Wildman–Crippen MR) is 121 cm³/mol. The molecule has 2 aromatic carbocycles. The number of aryl methyl sites for hydroxylation is 2. The van der Waals surface area contributed by atoms with Crippen molar-refractivity contribution in [3.05, 3.63) is 70.0 Å². The quantitative estimate of drug-likeness (QED) is 0.620. The van der Waals surface area contributed by atoms with E-state index >= 15 is 0 Å². The van der Waals surface area contributed by atoms with Crippen LogP contribution in [-0.2, 0) is 4.79 Å². The Balaban J connectivity index is 1.96. The maximum absolute atomic E-state index is 13.1. The monoisotopic (exact) mass is 421 g/mol. The summed E-state index contributed by atoms with van der Waals surface area (Å²) in [6.07, 6.45) is 0.399. The van der Waals surface area contributed by atoms with Crippen molar-refractivity contribution in [1.82, 2.24) is 9.78 Å². The first-order valence-electron chi connectivity index (χ1n) is 10.1. The van der Waals surface area contributed by atoms with Crippen molar-refractivity contribution in [1.29, 1.82) is 0 Å². The molecule has 3 aromatic rings. The molecule has 0 saturated heterocycles. The van der Waals surface area contributed by atoms with Gasteiger partial charge in [-0.25, -0.2) is 4.68 Å². The van der Waals surface area contributed by atoms with Crippen LogP contribution in [0.2, 0.25) is 0 Å². The summed E-state index contributed by atoms with van der Waals surface area (Å²) in [5.41, 5.74) is 3.90. The van der Waals surface area contributed by atoms with Gasteiger partial charge in [-0.15, -0.1) is 0 Å². The second-order valence-corrected chi connectivity index (χ2v) is 7.33. The number of carbonyl (C=O) groups is 1. The summed E-state index contributed by atoms with van der Waals surface area (Å²) in [6.45, 7) is 5.84. The molecule has 1 N–H and O–H groups in total. The summed E-state index contributed by atoms with van der Waals surface area (Å²) < 4.78 is 11.8. The van der Waals surface area contributed by atoms with Crippen LogP contribution >= 0.6 is 0 Å². The van der Waals surface area contributed by atoms with Crippen molar-refractivity contribution < 1.29 is 14.3 Å². The number of amides is 1. The van der Waals surface area contributed by atoms with E-state index in [-0.39, 0.29) is 11.5 Å². The number of nitrogens with one attached hydrogen (secondary N) is 1. The molecule has 0 fully saturated rings. The molecule has 0 aliphatic rings. The molecule has 1 atom stereocenters. The SMILES string of the molecule is CCC(C(=O)Nc1cc(OC)cc(OC)c1)n1nc(-c2cc(C)ccc2C)ccc1=O. The zero-order valence-corrected chi connectivity index (χ0v) is 18.4. The zero-order valence-electron chi connectivity index (χ0n) is 18.4. The number of benzene rings is 2. The minimum atomic E-state index is -0.769. The molecule has 0 radical (unpaired) electrons. The van der Waals surface area contributed by atoms with E-state index < -0.39 is 6.04 Å². The van der Waals surface area contributed by atoms with Gasteiger partial charge in [-0.3, -0.25) is 9.59 Å². The van der Waals surface area contributed by atoms with Crippen molar-refractivity contribution in [2.75, 3.05) is 19.5 Å². The van der Waals surface area contributed by atoms with Crippen molar-refractivity contribution in [2.45, 2.75) is 33.2 Å². The molecule has 0 bridgehead atoms. The number of hydrogen-bond donors (Lipinski definition) is 1. The molecule has 7 heteroatoms. The van der Waals surface area contributed by atoms with Crippen molar-refractivity contribution >= 4 is 11.6 Å². The van der Waals surface area contributed by atoms with E-state index in [1.807, 2.05) is 39.0 Å². The lowest BCUT2D eigenvalue weighted by Crippen LogP contribution is -2.34. The molecule has 1 unspecified atom stereocenters. The van der Waals surface area contributed by atoms with Gasteiger partial charge in [0.1, 0.15) is 17.5 Å². The fraction of sp³-hybridized carbons (Fsp3) is 0.292. The largest absolute Gasteiger partial charge is 0.497 e. The highest BCUT2D eigenvalue weighted by Crippen LogP contribution is 2.27. The smallest absolute Gasteiger partial charge is 0.267 e. The van der Waals surface area contributed by atoms with Crippen LogP contribution in [-0.4, -0.2) is 29.9 Å². The van der Waals surface area contributed by atoms with Crippen LogP contribution in [0.15, 0.2) is 53.3 Å². The van der Waals surface area contributed by atoms with E-state index in [4.69, 9.17) is 9.47 Å². The molecular formula is C24H27N3O4. The fourth-order valence-corrected chi connectivity index (χ4v) is 3.38. The lowest BCUT2D eigenvalue weighted by atomic mass is 10.0. The molecule has 0 spiro atoms. The molecule has 0 aliphatic heterocycles. The molecule has 1 amide bonds. The minimum absolute atomic E-state index is 0.334. The van der Waals surface area contributed by atoms with E-state index in [0.29, 0.717) is 29.3 Å². The van der Waals surface area contributed by atoms with Crippen LogP contribution in [0.25, 0.3) is 11.3 Å². The van der Waals surface area contributed by atoms with Crippen LogP contribution in [0.4, 0.5) is 5.69 Å². The zero-order chi connectivity index (χ0) is 22.5. The summed E-state index contributed by atoms with van der Waals surface area (Å²) in [5, 5.41) is 7.39. The molecular weight excluding hydrogens is 394 g/mol. The van der Waals surface area contributed by atoms with Gasteiger partial charge in [-0.05, 0) is 38.0 Å². The second-order valence-electron chi connectivity index (χ2n) is 7.33. The number of ether oxygens (including phenoxy) is 2. The van der Waals surface area contributed by atoms with Crippen molar-refractivity contribution in [3.8, 4) is 22.8 Å². The molecule has 162 valence electrons. The summed E-state index contributed by atoms with van der Waals surface area (Å²) >= 11 is 0. The lowest BCUT2D eigenvalue weighted by molar-refractivity contribution is -0.119. The molecule has 1 heterocycles. The Morgan fingerprint density at radius 1 is 1.03 bits per heavy atom. The number of rotatable bonds is 7. The number of hydrogen-bond acceptors (Lipinski definition) is 5. The number of methoxy groups -OCH3 is 2. The van der Waals surface area contributed by atoms with Crippen molar-refractivity contribution in [3.63, 3.8) is 0 Å². The molecule has 7 nitrogen and oxygen atoms in total. The second kappa shape index (κ2) is 9.47. The maximum Gasteiger partial charge on any atom is 0.267 e. The first-order chi connectivity index (χ1) is 14.9. The molecule has 0 aliphatic carbocycles. The summed E-state index contributed by atoms with van der Waals surface area (Å²) in [5.74, 6) is 0.760. The third kappa shape index (κ3) is 4.94.